The van der Waals surface area contributed by atoms with Gasteiger partial charge in [0.2, 0.25) is 11.9 Å². The van der Waals surface area contributed by atoms with Crippen molar-refractivity contribution in [2.24, 2.45) is 5.92 Å². The number of benzene rings is 2. The van der Waals surface area contributed by atoms with Crippen molar-refractivity contribution >= 4 is 34.7 Å². The van der Waals surface area contributed by atoms with Crippen LogP contribution in [-0.2, 0) is 4.79 Å². The molecule has 0 atom stereocenters. The maximum absolute atomic E-state index is 12.2. The Balaban J connectivity index is 1.22. The molecule has 196 valence electrons. The van der Waals surface area contributed by atoms with Crippen molar-refractivity contribution in [1.82, 2.24) is 15.3 Å². The van der Waals surface area contributed by atoms with E-state index in [1.165, 1.54) is 30.3 Å². The van der Waals surface area contributed by atoms with Crippen LogP contribution in [0.2, 0.25) is 0 Å². The maximum atomic E-state index is 12.2. The average molecular weight is 514 g/mol. The van der Waals surface area contributed by atoms with E-state index in [2.05, 4.69) is 20.4 Å². The lowest BCUT2D eigenvalue weighted by Gasteiger charge is -2.29. The number of hydrogen-bond donors (Lipinski definition) is 2. The second-order valence-electron chi connectivity index (χ2n) is 9.34. The molecular weight excluding hydrogens is 483 g/mol. The molecule has 10 heteroatoms. The molecule has 0 radical (unpaired) electrons. The summed E-state index contributed by atoms with van der Waals surface area (Å²) in [5.74, 6) is 1.34. The highest BCUT2D eigenvalue weighted by molar-refractivity contribution is 5.92. The summed E-state index contributed by atoms with van der Waals surface area (Å²) >= 11 is 0. The number of hydrogen-bond acceptors (Lipinski definition) is 6. The van der Waals surface area contributed by atoms with E-state index in [0.717, 1.165) is 42.4 Å². The van der Waals surface area contributed by atoms with Gasteiger partial charge in [-0.05, 0) is 67.5 Å². The average Bonchev–Trinajstić information content (AvgIpc) is 2.86. The molecule has 0 spiro atoms. The molecule has 1 aromatic heterocycles. The quantitative estimate of drug-likeness (QED) is 0.393. The van der Waals surface area contributed by atoms with Crippen molar-refractivity contribution in [3.8, 4) is 5.75 Å². The van der Waals surface area contributed by atoms with Crippen LogP contribution in [0.5, 0.6) is 5.75 Å². The maximum Gasteiger partial charge on any atom is 0.573 e. The number of ether oxygens (including phenoxy) is 1. The van der Waals surface area contributed by atoms with Gasteiger partial charge in [-0.25, -0.2) is 4.98 Å². The van der Waals surface area contributed by atoms with Gasteiger partial charge in [-0.15, -0.1) is 13.2 Å². The number of nitrogens with one attached hydrogen (secondary N) is 2. The molecule has 0 unspecified atom stereocenters. The number of rotatable bonds is 8. The Morgan fingerprint density at radius 2 is 1.76 bits per heavy atom. The monoisotopic (exact) mass is 513 g/mol. The molecule has 0 bridgehead atoms. The van der Waals surface area contributed by atoms with Crippen molar-refractivity contribution in [3.05, 3.63) is 60.2 Å². The van der Waals surface area contributed by atoms with Crippen LogP contribution >= 0.6 is 0 Å². The highest BCUT2D eigenvalue weighted by Gasteiger charge is 2.31. The topological polar surface area (TPSA) is 79.4 Å². The van der Waals surface area contributed by atoms with Gasteiger partial charge < -0.3 is 20.3 Å². The Labute approximate surface area is 213 Å². The number of amides is 1. The molecule has 2 N–H and O–H groups in total. The highest BCUT2D eigenvalue weighted by Crippen LogP contribution is 2.28. The Bertz CT molecular complexity index is 1240. The summed E-state index contributed by atoms with van der Waals surface area (Å²) in [7, 11) is 3.94. The molecule has 1 heterocycles. The van der Waals surface area contributed by atoms with Crippen molar-refractivity contribution < 1.29 is 22.7 Å². The largest absolute Gasteiger partial charge is 0.573 e. The zero-order chi connectivity index (χ0) is 26.4. The summed E-state index contributed by atoms with van der Waals surface area (Å²) in [6.07, 6.45) is 2.05. The molecule has 3 aromatic rings. The Kier molecular flexibility index (Phi) is 8.15. The van der Waals surface area contributed by atoms with E-state index in [4.69, 9.17) is 4.98 Å². The molecule has 0 saturated heterocycles. The van der Waals surface area contributed by atoms with E-state index in [1.807, 2.05) is 43.3 Å². The summed E-state index contributed by atoms with van der Waals surface area (Å²) in [6.45, 7) is 0.575. The van der Waals surface area contributed by atoms with E-state index in [9.17, 15) is 18.0 Å². The third-order valence-electron chi connectivity index (χ3n) is 6.29. The van der Waals surface area contributed by atoms with Gasteiger partial charge in [0.15, 0.2) is 0 Å². The number of nitrogens with zero attached hydrogens (tertiary/aromatic N) is 3. The minimum Gasteiger partial charge on any atom is -0.406 e. The van der Waals surface area contributed by atoms with Gasteiger partial charge in [0.1, 0.15) is 11.6 Å². The van der Waals surface area contributed by atoms with Crippen LogP contribution in [0.4, 0.5) is 24.9 Å². The smallest absolute Gasteiger partial charge is 0.406 e. The van der Waals surface area contributed by atoms with Crippen LogP contribution in [0.1, 0.15) is 31.2 Å². The van der Waals surface area contributed by atoms with Crippen molar-refractivity contribution in [1.29, 1.82) is 0 Å². The van der Waals surface area contributed by atoms with Crippen molar-refractivity contribution in [2.75, 3.05) is 30.9 Å². The van der Waals surface area contributed by atoms with Crippen molar-refractivity contribution in [3.63, 3.8) is 0 Å². The van der Waals surface area contributed by atoms with Gasteiger partial charge in [-0.1, -0.05) is 24.3 Å². The second-order valence-corrected chi connectivity index (χ2v) is 9.34. The molecule has 37 heavy (non-hydrogen) atoms. The number of halogens is 3. The third-order valence-corrected chi connectivity index (χ3v) is 6.29. The zero-order valence-corrected chi connectivity index (χ0v) is 20.8. The summed E-state index contributed by atoms with van der Waals surface area (Å²) in [5.41, 5.74) is 1.50. The third kappa shape index (κ3) is 7.58. The number of carbonyl (C=O) groups is 1. The fourth-order valence-electron chi connectivity index (χ4n) is 4.42. The molecule has 1 amide bonds. The van der Waals surface area contributed by atoms with Gasteiger partial charge in [0.05, 0.1) is 5.52 Å². The Morgan fingerprint density at radius 1 is 1.05 bits per heavy atom. The van der Waals surface area contributed by atoms with Crippen LogP contribution in [-0.4, -0.2) is 48.9 Å². The standard InChI is InChI=1S/C27H30F3N5O2/c1-35(2)25-22-5-3-4-6-23(22)33-26(34-25)32-20-12-7-19(8-13-20)17-31-24(36)16-11-18-9-14-21(15-10-18)37-27(28,29)30/h3-6,9-11,14-16,19-20H,7-8,12-13,17H2,1-2H3,(H,31,36)(H,32,33,34)/b16-11+. The summed E-state index contributed by atoms with van der Waals surface area (Å²) < 4.78 is 40.6. The van der Waals surface area contributed by atoms with E-state index in [-0.39, 0.29) is 17.7 Å². The first kappa shape index (κ1) is 26.2. The zero-order valence-electron chi connectivity index (χ0n) is 20.8. The molecule has 7 nitrogen and oxygen atoms in total. The van der Waals surface area contributed by atoms with Crippen LogP contribution in [0.15, 0.2) is 54.6 Å². The molecule has 1 aliphatic rings. The number of para-hydroxylation sites is 1. The van der Waals surface area contributed by atoms with Gasteiger partial charge in [-0.3, -0.25) is 4.79 Å². The van der Waals surface area contributed by atoms with Crippen LogP contribution in [0.3, 0.4) is 0 Å². The molecule has 1 saturated carbocycles. The first-order valence-electron chi connectivity index (χ1n) is 12.2. The van der Waals surface area contributed by atoms with Crippen LogP contribution in [0, 0.1) is 5.92 Å². The number of aromatic nitrogens is 2. The molecule has 0 aliphatic heterocycles. The first-order valence-corrected chi connectivity index (χ1v) is 12.2. The van der Waals surface area contributed by atoms with Crippen LogP contribution in [0.25, 0.3) is 17.0 Å². The van der Waals surface area contributed by atoms with E-state index in [1.54, 1.807) is 6.08 Å². The molecule has 2 aromatic carbocycles. The number of alkyl halides is 3. The number of anilines is 2. The SMILES string of the molecule is CN(C)c1nc(NC2CCC(CNC(=O)/C=C/c3ccc(OC(F)(F)F)cc3)CC2)nc2ccccc12. The van der Waals surface area contributed by atoms with E-state index < -0.39 is 6.36 Å². The second kappa shape index (κ2) is 11.5. The predicted molar refractivity (Wildman–Crippen MR) is 138 cm³/mol. The first-order chi connectivity index (χ1) is 17.7. The van der Waals surface area contributed by atoms with Gasteiger partial charge in [0, 0.05) is 38.1 Å². The van der Waals surface area contributed by atoms with Gasteiger partial charge in [0.25, 0.3) is 0 Å². The fraction of sp³-hybridized carbons (Fsp3) is 0.370. The van der Waals surface area contributed by atoms with E-state index >= 15 is 0 Å². The van der Waals surface area contributed by atoms with Gasteiger partial charge >= 0.3 is 6.36 Å². The summed E-state index contributed by atoms with van der Waals surface area (Å²) in [5, 5.41) is 7.42. The molecule has 1 aliphatic carbocycles. The minimum absolute atomic E-state index is 0.239. The lowest BCUT2D eigenvalue weighted by Crippen LogP contribution is -2.33. The summed E-state index contributed by atoms with van der Waals surface area (Å²) in [6, 6.07) is 13.6. The predicted octanol–water partition coefficient (Wildman–Crippen LogP) is 5.39. The van der Waals surface area contributed by atoms with E-state index in [0.29, 0.717) is 24.0 Å². The highest BCUT2D eigenvalue weighted by atomic mass is 19.4. The molecular formula is C27H30F3N5O2. The number of fused-ring (bicyclic) bond motifs is 1. The molecule has 1 fully saturated rings. The Hall–Kier alpha value is -3.82. The summed E-state index contributed by atoms with van der Waals surface area (Å²) in [4.78, 5) is 23.6. The normalized spacial score (nSPS) is 18.1. The Morgan fingerprint density at radius 3 is 2.43 bits per heavy atom. The van der Waals surface area contributed by atoms with Crippen LogP contribution < -0.4 is 20.3 Å². The lowest BCUT2D eigenvalue weighted by molar-refractivity contribution is -0.274. The van der Waals surface area contributed by atoms with Crippen molar-refractivity contribution in [2.45, 2.75) is 38.1 Å². The van der Waals surface area contributed by atoms with Gasteiger partial charge in [-0.2, -0.15) is 4.98 Å². The number of carbonyl (C=O) groups excluding carboxylic acids is 1. The minimum atomic E-state index is -4.73. The molecule has 4 rings (SSSR count). The lowest BCUT2D eigenvalue weighted by atomic mass is 9.86. The fourth-order valence-corrected chi connectivity index (χ4v) is 4.42.